The fraction of sp³-hybridized carbons (Fsp3) is 0.562. The van der Waals surface area contributed by atoms with Gasteiger partial charge in [0.05, 0.1) is 0 Å². The van der Waals surface area contributed by atoms with Crippen LogP contribution in [-0.4, -0.2) is 22.4 Å². The standard InChI is InChI=1S/C16H26N2O/c1-13(2)18(12-14-8-6-5-7-9-14)15(19)10-11-16(3,4)17/h5-9,13H,10-12,17H2,1-4H3. The van der Waals surface area contributed by atoms with Crippen LogP contribution in [0.4, 0.5) is 0 Å². The van der Waals surface area contributed by atoms with Gasteiger partial charge < -0.3 is 10.6 Å². The molecule has 0 unspecified atom stereocenters. The summed E-state index contributed by atoms with van der Waals surface area (Å²) in [5.41, 5.74) is 6.82. The largest absolute Gasteiger partial charge is 0.336 e. The first kappa shape index (κ1) is 15.7. The maximum absolute atomic E-state index is 12.3. The van der Waals surface area contributed by atoms with Gasteiger partial charge in [0.1, 0.15) is 0 Å². The molecule has 106 valence electrons. The zero-order valence-corrected chi connectivity index (χ0v) is 12.5. The second-order valence-corrected chi connectivity index (χ2v) is 6.09. The third-order valence-electron chi connectivity index (χ3n) is 3.12. The Morgan fingerprint density at radius 2 is 1.84 bits per heavy atom. The minimum Gasteiger partial charge on any atom is -0.336 e. The van der Waals surface area contributed by atoms with E-state index >= 15 is 0 Å². The average Bonchev–Trinajstić information content (AvgIpc) is 2.33. The van der Waals surface area contributed by atoms with Crippen molar-refractivity contribution in [3.8, 4) is 0 Å². The molecule has 1 aromatic rings. The van der Waals surface area contributed by atoms with Gasteiger partial charge in [0, 0.05) is 24.5 Å². The molecule has 0 spiro atoms. The SMILES string of the molecule is CC(C)N(Cc1ccccc1)C(=O)CCC(C)(C)N. The summed E-state index contributed by atoms with van der Waals surface area (Å²) < 4.78 is 0. The number of carbonyl (C=O) groups excluding carboxylic acids is 1. The minimum absolute atomic E-state index is 0.178. The molecule has 0 aromatic heterocycles. The normalized spacial score (nSPS) is 11.7. The zero-order chi connectivity index (χ0) is 14.5. The number of rotatable bonds is 6. The van der Waals surface area contributed by atoms with Gasteiger partial charge in [0.25, 0.3) is 0 Å². The predicted molar refractivity (Wildman–Crippen MR) is 79.6 cm³/mol. The van der Waals surface area contributed by atoms with E-state index in [1.807, 2.05) is 36.9 Å². The monoisotopic (exact) mass is 262 g/mol. The first-order valence-electron chi connectivity index (χ1n) is 6.92. The van der Waals surface area contributed by atoms with Gasteiger partial charge >= 0.3 is 0 Å². The first-order chi connectivity index (χ1) is 8.79. The lowest BCUT2D eigenvalue weighted by molar-refractivity contribution is -0.133. The van der Waals surface area contributed by atoms with Crippen LogP contribution in [0.25, 0.3) is 0 Å². The Bertz CT molecular complexity index is 393. The van der Waals surface area contributed by atoms with Crippen LogP contribution in [0.2, 0.25) is 0 Å². The Morgan fingerprint density at radius 3 is 2.32 bits per heavy atom. The van der Waals surface area contributed by atoms with E-state index in [1.165, 1.54) is 0 Å². The smallest absolute Gasteiger partial charge is 0.223 e. The Hall–Kier alpha value is -1.35. The molecule has 0 aliphatic heterocycles. The third kappa shape index (κ3) is 5.88. The van der Waals surface area contributed by atoms with Gasteiger partial charge in [0.15, 0.2) is 0 Å². The van der Waals surface area contributed by atoms with E-state index in [9.17, 15) is 4.79 Å². The third-order valence-corrected chi connectivity index (χ3v) is 3.12. The fourth-order valence-corrected chi connectivity index (χ4v) is 1.91. The molecular formula is C16H26N2O. The van der Waals surface area contributed by atoms with Gasteiger partial charge in [0.2, 0.25) is 5.91 Å². The van der Waals surface area contributed by atoms with Crippen molar-refractivity contribution in [3.05, 3.63) is 35.9 Å². The van der Waals surface area contributed by atoms with Gasteiger partial charge in [-0.15, -0.1) is 0 Å². The molecule has 0 saturated heterocycles. The number of hydrogen-bond donors (Lipinski definition) is 1. The summed E-state index contributed by atoms with van der Waals surface area (Å²) in [4.78, 5) is 14.2. The zero-order valence-electron chi connectivity index (χ0n) is 12.5. The quantitative estimate of drug-likeness (QED) is 0.856. The van der Waals surface area contributed by atoms with Gasteiger partial charge in [-0.3, -0.25) is 4.79 Å². The maximum atomic E-state index is 12.3. The van der Waals surface area contributed by atoms with Crippen LogP contribution in [0.5, 0.6) is 0 Å². The molecule has 0 bridgehead atoms. The van der Waals surface area contributed by atoms with Crippen molar-refractivity contribution < 1.29 is 4.79 Å². The lowest BCUT2D eigenvalue weighted by atomic mass is 9.99. The molecular weight excluding hydrogens is 236 g/mol. The van der Waals surface area contributed by atoms with Crippen molar-refractivity contribution in [2.75, 3.05) is 0 Å². The van der Waals surface area contributed by atoms with Crippen molar-refractivity contribution >= 4 is 5.91 Å². The maximum Gasteiger partial charge on any atom is 0.223 e. The Labute approximate surface area is 116 Å². The number of nitrogens with two attached hydrogens (primary N) is 1. The number of benzene rings is 1. The molecule has 0 aliphatic rings. The van der Waals surface area contributed by atoms with Crippen LogP contribution in [0.15, 0.2) is 30.3 Å². The van der Waals surface area contributed by atoms with E-state index in [0.717, 1.165) is 5.56 Å². The van der Waals surface area contributed by atoms with Crippen molar-refractivity contribution in [3.63, 3.8) is 0 Å². The molecule has 3 nitrogen and oxygen atoms in total. The molecule has 0 radical (unpaired) electrons. The summed E-state index contributed by atoms with van der Waals surface area (Å²) in [5, 5.41) is 0. The number of amides is 1. The topological polar surface area (TPSA) is 46.3 Å². The molecule has 3 heteroatoms. The highest BCUT2D eigenvalue weighted by Gasteiger charge is 2.20. The summed E-state index contributed by atoms with van der Waals surface area (Å²) in [6.45, 7) is 8.68. The van der Waals surface area contributed by atoms with Crippen LogP contribution in [0.1, 0.15) is 46.1 Å². The summed E-state index contributed by atoms with van der Waals surface area (Å²) in [5.74, 6) is 0.178. The van der Waals surface area contributed by atoms with E-state index in [4.69, 9.17) is 5.73 Å². The van der Waals surface area contributed by atoms with E-state index in [2.05, 4.69) is 26.0 Å². The summed E-state index contributed by atoms with van der Waals surface area (Å²) >= 11 is 0. The molecule has 1 amide bonds. The Morgan fingerprint density at radius 1 is 1.26 bits per heavy atom. The predicted octanol–water partition coefficient (Wildman–Crippen LogP) is 2.94. The molecule has 0 saturated carbocycles. The second kappa shape index (κ2) is 6.71. The van der Waals surface area contributed by atoms with Crippen LogP contribution in [0.3, 0.4) is 0 Å². The Balaban J connectivity index is 2.65. The van der Waals surface area contributed by atoms with Gasteiger partial charge in [-0.05, 0) is 39.7 Å². The first-order valence-corrected chi connectivity index (χ1v) is 6.92. The number of nitrogens with zero attached hydrogens (tertiary/aromatic N) is 1. The molecule has 0 heterocycles. The summed E-state index contributed by atoms with van der Waals surface area (Å²) in [7, 11) is 0. The minimum atomic E-state index is -0.287. The highest BCUT2D eigenvalue weighted by molar-refractivity contribution is 5.76. The van der Waals surface area contributed by atoms with E-state index in [1.54, 1.807) is 0 Å². The van der Waals surface area contributed by atoms with E-state index < -0.39 is 0 Å². The molecule has 1 aromatic carbocycles. The number of hydrogen-bond acceptors (Lipinski definition) is 2. The lowest BCUT2D eigenvalue weighted by Gasteiger charge is -2.28. The van der Waals surface area contributed by atoms with Crippen molar-refractivity contribution in [2.45, 2.75) is 58.7 Å². The van der Waals surface area contributed by atoms with Gasteiger partial charge in [-0.25, -0.2) is 0 Å². The van der Waals surface area contributed by atoms with Crippen molar-refractivity contribution in [1.82, 2.24) is 4.90 Å². The molecule has 19 heavy (non-hydrogen) atoms. The summed E-state index contributed by atoms with van der Waals surface area (Å²) in [6.07, 6.45) is 1.22. The van der Waals surface area contributed by atoms with Crippen LogP contribution in [0, 0.1) is 0 Å². The molecule has 1 rings (SSSR count). The van der Waals surface area contributed by atoms with E-state index in [-0.39, 0.29) is 17.5 Å². The van der Waals surface area contributed by atoms with Crippen molar-refractivity contribution in [1.29, 1.82) is 0 Å². The lowest BCUT2D eigenvalue weighted by Crippen LogP contribution is -2.39. The fourth-order valence-electron chi connectivity index (χ4n) is 1.91. The van der Waals surface area contributed by atoms with Crippen LogP contribution < -0.4 is 5.73 Å². The van der Waals surface area contributed by atoms with E-state index in [0.29, 0.717) is 19.4 Å². The van der Waals surface area contributed by atoms with Crippen LogP contribution in [-0.2, 0) is 11.3 Å². The second-order valence-electron chi connectivity index (χ2n) is 6.09. The highest BCUT2D eigenvalue weighted by atomic mass is 16.2. The molecule has 2 N–H and O–H groups in total. The van der Waals surface area contributed by atoms with Crippen LogP contribution >= 0.6 is 0 Å². The van der Waals surface area contributed by atoms with Gasteiger partial charge in [-0.2, -0.15) is 0 Å². The molecule has 0 atom stereocenters. The number of carbonyl (C=O) groups is 1. The summed E-state index contributed by atoms with van der Waals surface area (Å²) in [6, 6.07) is 10.3. The van der Waals surface area contributed by atoms with Crippen molar-refractivity contribution in [2.24, 2.45) is 5.73 Å². The van der Waals surface area contributed by atoms with Gasteiger partial charge in [-0.1, -0.05) is 30.3 Å². The molecule has 0 aliphatic carbocycles. The Kier molecular flexibility index (Phi) is 5.55. The highest BCUT2D eigenvalue weighted by Crippen LogP contribution is 2.14. The average molecular weight is 262 g/mol. The molecule has 0 fully saturated rings.